The van der Waals surface area contributed by atoms with Crippen molar-refractivity contribution in [2.24, 2.45) is 5.92 Å². The van der Waals surface area contributed by atoms with Gasteiger partial charge in [0, 0.05) is 12.6 Å². The fourth-order valence-electron chi connectivity index (χ4n) is 1.95. The van der Waals surface area contributed by atoms with Gasteiger partial charge in [0.1, 0.15) is 0 Å². The number of nitriles is 1. The summed E-state index contributed by atoms with van der Waals surface area (Å²) < 4.78 is 0. The molecule has 0 aromatic rings. The Hall–Kier alpha value is -0.590. The van der Waals surface area contributed by atoms with E-state index in [0.717, 1.165) is 19.0 Å². The Morgan fingerprint density at radius 1 is 1.64 bits per heavy atom. The lowest BCUT2D eigenvalue weighted by Gasteiger charge is -2.30. The molecule has 3 nitrogen and oxygen atoms in total. The molecule has 1 N–H and O–H groups in total. The number of nitrogens with zero attached hydrogens (tertiary/aromatic N) is 2. The zero-order valence-corrected chi connectivity index (χ0v) is 9.29. The van der Waals surface area contributed by atoms with Gasteiger partial charge in [0.2, 0.25) is 0 Å². The highest BCUT2D eigenvalue weighted by Gasteiger charge is 2.17. The molecule has 0 bridgehead atoms. The standard InChI is InChI=1S/C11H21N3/c1-10(5-6-12)14(2)9-11-4-3-7-13-8-11/h10-11,13H,3-5,7-9H2,1-2H3. The molecule has 0 aromatic heterocycles. The Bertz CT molecular complexity index is 191. The van der Waals surface area contributed by atoms with Crippen molar-refractivity contribution in [2.75, 3.05) is 26.7 Å². The normalized spacial score (nSPS) is 24.6. The van der Waals surface area contributed by atoms with Gasteiger partial charge in [-0.05, 0) is 45.8 Å². The summed E-state index contributed by atoms with van der Waals surface area (Å²) in [4.78, 5) is 2.31. The second kappa shape index (κ2) is 6.00. The third-order valence-electron chi connectivity index (χ3n) is 3.08. The van der Waals surface area contributed by atoms with E-state index in [-0.39, 0.29) is 0 Å². The number of hydrogen-bond donors (Lipinski definition) is 1. The van der Waals surface area contributed by atoms with Gasteiger partial charge in [-0.1, -0.05) is 0 Å². The molecule has 3 heteroatoms. The summed E-state index contributed by atoms with van der Waals surface area (Å²) in [5, 5.41) is 12.0. The summed E-state index contributed by atoms with van der Waals surface area (Å²) >= 11 is 0. The predicted molar refractivity (Wildman–Crippen MR) is 57.9 cm³/mol. The zero-order chi connectivity index (χ0) is 10.4. The van der Waals surface area contributed by atoms with E-state index in [1.54, 1.807) is 0 Å². The van der Waals surface area contributed by atoms with Crippen LogP contribution in [0.5, 0.6) is 0 Å². The van der Waals surface area contributed by atoms with Crippen molar-refractivity contribution in [3.63, 3.8) is 0 Å². The molecule has 1 heterocycles. The van der Waals surface area contributed by atoms with Gasteiger partial charge in [-0.25, -0.2) is 0 Å². The van der Waals surface area contributed by atoms with Gasteiger partial charge < -0.3 is 10.2 Å². The van der Waals surface area contributed by atoms with Gasteiger partial charge >= 0.3 is 0 Å². The number of hydrogen-bond acceptors (Lipinski definition) is 3. The van der Waals surface area contributed by atoms with E-state index in [1.807, 2.05) is 0 Å². The molecule has 1 rings (SSSR count). The van der Waals surface area contributed by atoms with Gasteiger partial charge in [-0.3, -0.25) is 0 Å². The maximum Gasteiger partial charge on any atom is 0.0638 e. The molecule has 0 radical (unpaired) electrons. The van der Waals surface area contributed by atoms with Crippen molar-refractivity contribution in [1.29, 1.82) is 5.26 Å². The number of rotatable bonds is 4. The van der Waals surface area contributed by atoms with E-state index < -0.39 is 0 Å². The molecule has 1 saturated heterocycles. The first kappa shape index (κ1) is 11.5. The highest BCUT2D eigenvalue weighted by atomic mass is 15.1. The van der Waals surface area contributed by atoms with Gasteiger partial charge in [0.05, 0.1) is 12.5 Å². The van der Waals surface area contributed by atoms with E-state index in [1.165, 1.54) is 19.4 Å². The largest absolute Gasteiger partial charge is 0.316 e. The Kier molecular flexibility index (Phi) is 4.92. The first-order chi connectivity index (χ1) is 6.74. The molecule has 1 fully saturated rings. The molecular weight excluding hydrogens is 174 g/mol. The van der Waals surface area contributed by atoms with Crippen molar-refractivity contribution < 1.29 is 0 Å². The molecule has 2 unspecified atom stereocenters. The zero-order valence-electron chi connectivity index (χ0n) is 9.29. The SMILES string of the molecule is CC(CC#N)N(C)CC1CCCNC1. The summed E-state index contributed by atoms with van der Waals surface area (Å²) in [6, 6.07) is 2.62. The Morgan fingerprint density at radius 2 is 2.43 bits per heavy atom. The van der Waals surface area contributed by atoms with Crippen molar-refractivity contribution in [2.45, 2.75) is 32.2 Å². The fourth-order valence-corrected chi connectivity index (χ4v) is 1.95. The first-order valence-corrected chi connectivity index (χ1v) is 5.52. The minimum atomic E-state index is 0.391. The monoisotopic (exact) mass is 195 g/mol. The Balaban J connectivity index is 2.24. The van der Waals surface area contributed by atoms with Gasteiger partial charge in [-0.2, -0.15) is 5.26 Å². The van der Waals surface area contributed by atoms with Crippen molar-refractivity contribution in [3.05, 3.63) is 0 Å². The van der Waals surface area contributed by atoms with E-state index in [4.69, 9.17) is 5.26 Å². The average Bonchev–Trinajstić information content (AvgIpc) is 2.19. The van der Waals surface area contributed by atoms with Crippen LogP contribution in [0.25, 0.3) is 0 Å². The summed E-state index contributed by atoms with van der Waals surface area (Å²) in [5.74, 6) is 0.773. The third-order valence-corrected chi connectivity index (χ3v) is 3.08. The molecule has 1 aliphatic rings. The van der Waals surface area contributed by atoms with Crippen molar-refractivity contribution in [3.8, 4) is 6.07 Å². The van der Waals surface area contributed by atoms with Crippen LogP contribution in [-0.4, -0.2) is 37.6 Å². The van der Waals surface area contributed by atoms with E-state index in [0.29, 0.717) is 12.5 Å². The lowest BCUT2D eigenvalue weighted by atomic mass is 9.98. The van der Waals surface area contributed by atoms with Gasteiger partial charge in [0.25, 0.3) is 0 Å². The van der Waals surface area contributed by atoms with Crippen LogP contribution in [0, 0.1) is 17.2 Å². The minimum absolute atomic E-state index is 0.391. The van der Waals surface area contributed by atoms with Crippen LogP contribution < -0.4 is 5.32 Å². The highest BCUT2D eigenvalue weighted by molar-refractivity contribution is 4.80. The highest BCUT2D eigenvalue weighted by Crippen LogP contribution is 2.12. The van der Waals surface area contributed by atoms with Gasteiger partial charge in [0.15, 0.2) is 0 Å². The first-order valence-electron chi connectivity index (χ1n) is 5.52. The molecule has 80 valence electrons. The van der Waals surface area contributed by atoms with Crippen LogP contribution in [0.4, 0.5) is 0 Å². The molecule has 2 atom stereocenters. The quantitative estimate of drug-likeness (QED) is 0.733. The molecule has 0 aromatic carbocycles. The molecule has 0 aliphatic carbocycles. The maximum absolute atomic E-state index is 8.60. The number of nitrogens with one attached hydrogen (secondary N) is 1. The van der Waals surface area contributed by atoms with E-state index in [9.17, 15) is 0 Å². The maximum atomic E-state index is 8.60. The Labute approximate surface area is 87.1 Å². The van der Waals surface area contributed by atoms with Crippen LogP contribution in [0.15, 0.2) is 0 Å². The molecule has 1 aliphatic heterocycles. The molecule has 0 saturated carbocycles. The third kappa shape index (κ3) is 3.65. The number of piperidine rings is 1. The predicted octanol–water partition coefficient (Wildman–Crippen LogP) is 1.22. The van der Waals surface area contributed by atoms with Crippen molar-refractivity contribution >= 4 is 0 Å². The van der Waals surface area contributed by atoms with E-state index in [2.05, 4.69) is 30.3 Å². The van der Waals surface area contributed by atoms with Crippen LogP contribution in [0.3, 0.4) is 0 Å². The molecular formula is C11H21N3. The summed E-state index contributed by atoms with van der Waals surface area (Å²) in [7, 11) is 2.12. The second-order valence-electron chi connectivity index (χ2n) is 4.36. The second-order valence-corrected chi connectivity index (χ2v) is 4.36. The van der Waals surface area contributed by atoms with Crippen molar-refractivity contribution in [1.82, 2.24) is 10.2 Å². The average molecular weight is 195 g/mol. The van der Waals surface area contributed by atoms with Crippen LogP contribution in [0.2, 0.25) is 0 Å². The van der Waals surface area contributed by atoms with Crippen LogP contribution in [0.1, 0.15) is 26.2 Å². The molecule has 0 spiro atoms. The summed E-state index contributed by atoms with van der Waals surface area (Å²) in [6.07, 6.45) is 3.26. The Morgan fingerprint density at radius 3 is 3.00 bits per heavy atom. The molecule has 14 heavy (non-hydrogen) atoms. The molecule has 0 amide bonds. The smallest absolute Gasteiger partial charge is 0.0638 e. The van der Waals surface area contributed by atoms with Crippen LogP contribution in [-0.2, 0) is 0 Å². The fraction of sp³-hybridized carbons (Fsp3) is 0.909. The lowest BCUT2D eigenvalue weighted by molar-refractivity contribution is 0.199. The summed E-state index contributed by atoms with van der Waals surface area (Å²) in [6.45, 7) is 5.56. The lowest BCUT2D eigenvalue weighted by Crippen LogP contribution is -2.39. The topological polar surface area (TPSA) is 39.1 Å². The van der Waals surface area contributed by atoms with E-state index >= 15 is 0 Å². The summed E-state index contributed by atoms with van der Waals surface area (Å²) in [5.41, 5.74) is 0. The minimum Gasteiger partial charge on any atom is -0.316 e. The van der Waals surface area contributed by atoms with Gasteiger partial charge in [-0.15, -0.1) is 0 Å². The van der Waals surface area contributed by atoms with Crippen LogP contribution >= 0.6 is 0 Å².